The molecule has 1 amide bonds. The maximum atomic E-state index is 13.4. The predicted molar refractivity (Wildman–Crippen MR) is 112 cm³/mol. The van der Waals surface area contributed by atoms with Crippen LogP contribution in [-0.2, 0) is 0 Å². The van der Waals surface area contributed by atoms with E-state index in [9.17, 15) is 4.79 Å². The Labute approximate surface area is 168 Å². The summed E-state index contributed by atoms with van der Waals surface area (Å²) in [6.45, 7) is 5.43. The molecule has 0 saturated carbocycles. The molecule has 0 radical (unpaired) electrons. The lowest BCUT2D eigenvalue weighted by molar-refractivity contribution is 0.0603. The molecule has 6 heteroatoms. The van der Waals surface area contributed by atoms with E-state index < -0.39 is 0 Å². The second-order valence-corrected chi connectivity index (χ2v) is 7.88. The third-order valence-electron chi connectivity index (χ3n) is 5.39. The number of benzene rings is 1. The number of hydrogen-bond acceptors (Lipinski definition) is 5. The molecule has 0 bridgehead atoms. The van der Waals surface area contributed by atoms with Crippen molar-refractivity contribution in [1.29, 1.82) is 0 Å². The molecule has 1 unspecified atom stereocenters. The van der Waals surface area contributed by atoms with Crippen LogP contribution < -0.4 is 0 Å². The zero-order valence-corrected chi connectivity index (χ0v) is 17.4. The van der Waals surface area contributed by atoms with Crippen LogP contribution in [0.5, 0.6) is 0 Å². The van der Waals surface area contributed by atoms with Gasteiger partial charge in [0.2, 0.25) is 0 Å². The third-order valence-corrected chi connectivity index (χ3v) is 5.39. The summed E-state index contributed by atoms with van der Waals surface area (Å²) >= 11 is 0. The molecule has 0 N–H and O–H groups in total. The molecule has 0 spiro atoms. The number of likely N-dealkylation sites (N-methyl/N-ethyl adjacent to an activating group) is 2. The molecule has 2 heterocycles. The fourth-order valence-corrected chi connectivity index (χ4v) is 3.65. The van der Waals surface area contributed by atoms with E-state index in [1.807, 2.05) is 42.2 Å². The SMILES string of the molecule is Cc1ncc(C(=O)N2CCCC(N(C)CCN(C)C)C2)c(-c2ccccc2)n1. The van der Waals surface area contributed by atoms with Crippen LogP contribution in [0.4, 0.5) is 0 Å². The molecule has 0 aliphatic carbocycles. The van der Waals surface area contributed by atoms with E-state index in [2.05, 4.69) is 40.9 Å². The van der Waals surface area contributed by atoms with Crippen molar-refractivity contribution in [3.63, 3.8) is 0 Å². The maximum Gasteiger partial charge on any atom is 0.257 e. The normalized spacial score (nSPS) is 17.4. The van der Waals surface area contributed by atoms with Crippen molar-refractivity contribution >= 4 is 5.91 Å². The fourth-order valence-electron chi connectivity index (χ4n) is 3.65. The quantitative estimate of drug-likeness (QED) is 0.770. The highest BCUT2D eigenvalue weighted by Gasteiger charge is 2.28. The van der Waals surface area contributed by atoms with Crippen LogP contribution in [0.15, 0.2) is 36.5 Å². The van der Waals surface area contributed by atoms with E-state index in [-0.39, 0.29) is 5.91 Å². The van der Waals surface area contributed by atoms with Crippen LogP contribution in [0.3, 0.4) is 0 Å². The van der Waals surface area contributed by atoms with Gasteiger partial charge in [-0.25, -0.2) is 9.97 Å². The van der Waals surface area contributed by atoms with E-state index >= 15 is 0 Å². The van der Waals surface area contributed by atoms with Gasteiger partial charge in [0.1, 0.15) is 5.82 Å². The van der Waals surface area contributed by atoms with Gasteiger partial charge in [-0.1, -0.05) is 30.3 Å². The minimum atomic E-state index is 0.0320. The van der Waals surface area contributed by atoms with Gasteiger partial charge in [-0.15, -0.1) is 0 Å². The molecular formula is C22H31N5O. The Morgan fingerprint density at radius 3 is 2.64 bits per heavy atom. The summed E-state index contributed by atoms with van der Waals surface area (Å²) in [5.41, 5.74) is 2.27. The van der Waals surface area contributed by atoms with E-state index in [1.54, 1.807) is 6.20 Å². The van der Waals surface area contributed by atoms with Crippen molar-refractivity contribution in [2.45, 2.75) is 25.8 Å². The number of piperidine rings is 1. The van der Waals surface area contributed by atoms with Crippen molar-refractivity contribution in [3.05, 3.63) is 47.9 Å². The van der Waals surface area contributed by atoms with Crippen LogP contribution in [0, 0.1) is 6.92 Å². The van der Waals surface area contributed by atoms with Crippen molar-refractivity contribution in [3.8, 4) is 11.3 Å². The van der Waals surface area contributed by atoms with E-state index in [4.69, 9.17) is 0 Å². The first-order valence-corrected chi connectivity index (χ1v) is 9.99. The van der Waals surface area contributed by atoms with Gasteiger partial charge in [0.05, 0.1) is 11.3 Å². The van der Waals surface area contributed by atoms with Crippen LogP contribution in [0.2, 0.25) is 0 Å². The zero-order valence-electron chi connectivity index (χ0n) is 17.4. The largest absolute Gasteiger partial charge is 0.337 e. The van der Waals surface area contributed by atoms with E-state index in [1.165, 1.54) is 0 Å². The first-order chi connectivity index (χ1) is 13.5. The molecule has 150 valence electrons. The van der Waals surface area contributed by atoms with Gasteiger partial charge in [-0.05, 0) is 40.9 Å². The Kier molecular flexibility index (Phi) is 6.75. The summed E-state index contributed by atoms with van der Waals surface area (Å²) in [5.74, 6) is 0.708. The molecule has 1 saturated heterocycles. The smallest absolute Gasteiger partial charge is 0.257 e. The summed E-state index contributed by atoms with van der Waals surface area (Å²) in [5, 5.41) is 0. The Balaban J connectivity index is 1.78. The van der Waals surface area contributed by atoms with E-state index in [0.29, 0.717) is 17.4 Å². The lowest BCUT2D eigenvalue weighted by Crippen LogP contribution is -2.49. The topological polar surface area (TPSA) is 52.6 Å². The number of aryl methyl sites for hydroxylation is 1. The lowest BCUT2D eigenvalue weighted by Gasteiger charge is -2.38. The highest BCUT2D eigenvalue weighted by Crippen LogP contribution is 2.24. The second-order valence-electron chi connectivity index (χ2n) is 7.88. The van der Waals surface area contributed by atoms with Crippen LogP contribution in [0.25, 0.3) is 11.3 Å². The molecule has 1 aromatic heterocycles. The summed E-state index contributed by atoms with van der Waals surface area (Å²) in [4.78, 5) is 28.8. The number of nitrogens with zero attached hydrogens (tertiary/aromatic N) is 5. The monoisotopic (exact) mass is 381 g/mol. The number of hydrogen-bond donors (Lipinski definition) is 0. The van der Waals surface area contributed by atoms with E-state index in [0.717, 1.165) is 50.3 Å². The van der Waals surface area contributed by atoms with Gasteiger partial charge in [0.25, 0.3) is 5.91 Å². The number of carbonyl (C=O) groups is 1. The number of rotatable bonds is 6. The Morgan fingerprint density at radius 1 is 1.18 bits per heavy atom. The molecule has 1 aliphatic rings. The molecule has 1 aromatic carbocycles. The maximum absolute atomic E-state index is 13.4. The van der Waals surface area contributed by atoms with Gasteiger partial charge in [-0.3, -0.25) is 4.79 Å². The molecule has 1 fully saturated rings. The van der Waals surface area contributed by atoms with Gasteiger partial charge in [-0.2, -0.15) is 0 Å². The minimum absolute atomic E-state index is 0.0320. The molecule has 1 aliphatic heterocycles. The Hall–Kier alpha value is -2.31. The fraction of sp³-hybridized carbons (Fsp3) is 0.500. The zero-order chi connectivity index (χ0) is 20.1. The minimum Gasteiger partial charge on any atom is -0.337 e. The molecule has 6 nitrogen and oxygen atoms in total. The van der Waals surface area contributed by atoms with Crippen molar-refractivity contribution in [2.24, 2.45) is 0 Å². The summed E-state index contributed by atoms with van der Waals surface area (Å²) < 4.78 is 0. The van der Waals surface area contributed by atoms with Crippen LogP contribution in [-0.4, -0.2) is 83.9 Å². The van der Waals surface area contributed by atoms with Gasteiger partial charge >= 0.3 is 0 Å². The van der Waals surface area contributed by atoms with Crippen molar-refractivity contribution in [1.82, 2.24) is 24.7 Å². The predicted octanol–water partition coefficient (Wildman–Crippen LogP) is 2.55. The molecule has 2 aromatic rings. The van der Waals surface area contributed by atoms with Crippen LogP contribution >= 0.6 is 0 Å². The van der Waals surface area contributed by atoms with Crippen molar-refractivity contribution < 1.29 is 4.79 Å². The standard InChI is InChI=1S/C22H31N5O/c1-17-23-15-20(21(24-17)18-9-6-5-7-10-18)22(28)27-12-8-11-19(16-27)26(4)14-13-25(2)3/h5-7,9-10,15,19H,8,11-14,16H2,1-4H3. The average Bonchev–Trinajstić information content (AvgIpc) is 2.72. The highest BCUT2D eigenvalue weighted by atomic mass is 16.2. The summed E-state index contributed by atoms with van der Waals surface area (Å²) in [7, 11) is 6.34. The molecule has 3 rings (SSSR count). The average molecular weight is 382 g/mol. The number of aromatic nitrogens is 2. The van der Waals surface area contributed by atoms with Crippen LogP contribution in [0.1, 0.15) is 29.0 Å². The Bertz CT molecular complexity index is 793. The molecular weight excluding hydrogens is 350 g/mol. The molecule has 1 atom stereocenters. The number of likely N-dealkylation sites (tertiary alicyclic amines) is 1. The lowest BCUT2D eigenvalue weighted by atomic mass is 10.0. The Morgan fingerprint density at radius 2 is 1.93 bits per heavy atom. The highest BCUT2D eigenvalue weighted by molar-refractivity contribution is 5.99. The first kappa shape index (κ1) is 20.4. The summed E-state index contributed by atoms with van der Waals surface area (Å²) in [6, 6.07) is 10.3. The van der Waals surface area contributed by atoms with Gasteiger partial charge in [0, 0.05) is 44.0 Å². The third kappa shape index (κ3) is 4.94. The number of amides is 1. The molecule has 28 heavy (non-hydrogen) atoms. The van der Waals surface area contributed by atoms with Gasteiger partial charge in [0.15, 0.2) is 0 Å². The van der Waals surface area contributed by atoms with Crippen molar-refractivity contribution in [2.75, 3.05) is 47.3 Å². The second kappa shape index (κ2) is 9.26. The van der Waals surface area contributed by atoms with Gasteiger partial charge < -0.3 is 14.7 Å². The number of carbonyl (C=O) groups excluding carboxylic acids is 1. The first-order valence-electron chi connectivity index (χ1n) is 9.99. The summed E-state index contributed by atoms with van der Waals surface area (Å²) in [6.07, 6.45) is 3.84.